The first-order valence-electron chi connectivity index (χ1n) is 12.0. The fourth-order valence-corrected chi connectivity index (χ4v) is 8.85. The van der Waals surface area contributed by atoms with E-state index in [9.17, 15) is 0 Å². The lowest BCUT2D eigenvalue weighted by atomic mass is 10.1. The van der Waals surface area contributed by atoms with Gasteiger partial charge in [0.2, 0.25) is 0 Å². The van der Waals surface area contributed by atoms with Crippen molar-refractivity contribution in [2.24, 2.45) is 5.73 Å². The zero-order valence-electron chi connectivity index (χ0n) is 19.6. The fourth-order valence-electron chi connectivity index (χ4n) is 4.44. The van der Waals surface area contributed by atoms with E-state index in [0.717, 1.165) is 6.54 Å². The Morgan fingerprint density at radius 1 is 0.500 bits per heavy atom. The van der Waals surface area contributed by atoms with Gasteiger partial charge in [-0.05, 0) is 62.2 Å². The van der Waals surface area contributed by atoms with Crippen LogP contribution in [0.5, 0.6) is 0 Å². The highest BCUT2D eigenvalue weighted by Gasteiger charge is 2.44. The SMILES string of the molecule is CCl.NCCCCCCCCCC[P+](c1ccccc1)(c1ccccc1)c1ccccc1. The van der Waals surface area contributed by atoms with Crippen LogP contribution in [0.4, 0.5) is 0 Å². The maximum atomic E-state index is 5.60. The van der Waals surface area contributed by atoms with Crippen LogP contribution in [0.15, 0.2) is 91.0 Å². The molecule has 0 aliphatic rings. The van der Waals surface area contributed by atoms with Crippen molar-refractivity contribution in [2.75, 3.05) is 19.1 Å². The number of benzene rings is 3. The second-order valence-electron chi connectivity index (χ2n) is 8.16. The van der Waals surface area contributed by atoms with E-state index in [4.69, 9.17) is 5.73 Å². The predicted octanol–water partition coefficient (Wildman–Crippen LogP) is 6.92. The van der Waals surface area contributed by atoms with Crippen LogP contribution in [-0.2, 0) is 0 Å². The third-order valence-corrected chi connectivity index (χ3v) is 10.6. The average Bonchev–Trinajstić information content (AvgIpc) is 2.88. The number of nitrogens with two attached hydrogens (primary N) is 1. The standard InChI is InChI=1S/C28H37NP.CH3Cl/c29-24-16-5-3-1-2-4-6-17-25-30(26-18-10-7-11-19-26,27-20-12-8-13-21-27)28-22-14-9-15-23-28;1-2/h7-15,18-23H,1-6,16-17,24-25,29H2;1H3/q+1;. The van der Waals surface area contributed by atoms with Gasteiger partial charge in [0.1, 0.15) is 23.2 Å². The van der Waals surface area contributed by atoms with Crippen LogP contribution < -0.4 is 21.6 Å². The number of rotatable bonds is 13. The molecular formula is C29H40ClNP+. The molecule has 0 heterocycles. The van der Waals surface area contributed by atoms with Gasteiger partial charge in [-0.1, -0.05) is 86.7 Å². The average molecular weight is 469 g/mol. The molecule has 0 saturated carbocycles. The van der Waals surface area contributed by atoms with Gasteiger partial charge in [-0.3, -0.25) is 0 Å². The lowest BCUT2D eigenvalue weighted by Gasteiger charge is -2.27. The monoisotopic (exact) mass is 468 g/mol. The summed E-state index contributed by atoms with van der Waals surface area (Å²) in [6.45, 7) is 0.838. The minimum absolute atomic E-state index is 0.838. The van der Waals surface area contributed by atoms with Gasteiger partial charge in [-0.25, -0.2) is 0 Å². The molecule has 3 aromatic carbocycles. The van der Waals surface area contributed by atoms with Crippen LogP contribution in [0.3, 0.4) is 0 Å². The first-order chi connectivity index (χ1) is 15.9. The quantitative estimate of drug-likeness (QED) is 0.164. The van der Waals surface area contributed by atoms with E-state index in [1.54, 1.807) is 0 Å². The van der Waals surface area contributed by atoms with Crippen molar-refractivity contribution in [3.63, 3.8) is 0 Å². The molecule has 0 aromatic heterocycles. The molecule has 3 heteroatoms. The molecule has 0 spiro atoms. The van der Waals surface area contributed by atoms with E-state index < -0.39 is 7.26 Å². The van der Waals surface area contributed by atoms with Gasteiger partial charge in [-0.2, -0.15) is 0 Å². The third kappa shape index (κ3) is 7.73. The summed E-state index contributed by atoms with van der Waals surface area (Å²) in [5.74, 6) is 0. The van der Waals surface area contributed by atoms with E-state index in [1.165, 1.54) is 79.8 Å². The van der Waals surface area contributed by atoms with Crippen molar-refractivity contribution < 1.29 is 0 Å². The Morgan fingerprint density at radius 2 is 0.812 bits per heavy atom. The molecule has 3 aromatic rings. The smallest absolute Gasteiger partial charge is 0.112 e. The van der Waals surface area contributed by atoms with Gasteiger partial charge < -0.3 is 5.73 Å². The van der Waals surface area contributed by atoms with Gasteiger partial charge in [0.05, 0.1) is 6.16 Å². The molecule has 0 unspecified atom stereocenters. The van der Waals surface area contributed by atoms with Crippen LogP contribution in [0.2, 0.25) is 0 Å². The molecule has 0 aliphatic heterocycles. The Hall–Kier alpha value is -1.66. The second kappa shape index (κ2) is 16.0. The van der Waals surface area contributed by atoms with Crippen LogP contribution in [0, 0.1) is 0 Å². The Labute approximate surface area is 201 Å². The first kappa shape index (κ1) is 26.6. The van der Waals surface area contributed by atoms with E-state index in [1.807, 2.05) is 0 Å². The molecule has 0 saturated heterocycles. The van der Waals surface area contributed by atoms with Crippen molar-refractivity contribution in [1.29, 1.82) is 0 Å². The zero-order chi connectivity index (χ0) is 22.9. The minimum atomic E-state index is -1.64. The van der Waals surface area contributed by atoms with Crippen LogP contribution in [-0.4, -0.2) is 19.1 Å². The van der Waals surface area contributed by atoms with Crippen molar-refractivity contribution in [3.05, 3.63) is 91.0 Å². The highest BCUT2D eigenvalue weighted by atomic mass is 35.5. The number of alkyl halides is 1. The Bertz CT molecular complexity index is 727. The zero-order valence-corrected chi connectivity index (χ0v) is 21.3. The lowest BCUT2D eigenvalue weighted by molar-refractivity contribution is 0.579. The van der Waals surface area contributed by atoms with Crippen LogP contribution >= 0.6 is 18.9 Å². The summed E-state index contributed by atoms with van der Waals surface area (Å²) in [5, 5.41) is 4.51. The van der Waals surface area contributed by atoms with Crippen molar-refractivity contribution in [2.45, 2.75) is 51.4 Å². The minimum Gasteiger partial charge on any atom is -0.330 e. The van der Waals surface area contributed by atoms with Crippen LogP contribution in [0.25, 0.3) is 0 Å². The summed E-state index contributed by atoms with van der Waals surface area (Å²) >= 11 is 4.64. The molecule has 0 radical (unpaired) electrons. The Morgan fingerprint density at radius 3 is 1.16 bits per heavy atom. The number of halogens is 1. The van der Waals surface area contributed by atoms with Gasteiger partial charge >= 0.3 is 0 Å². The third-order valence-electron chi connectivity index (χ3n) is 6.04. The maximum Gasteiger partial charge on any atom is 0.112 e. The number of hydrogen-bond donors (Lipinski definition) is 1. The molecule has 2 N–H and O–H groups in total. The molecule has 0 bridgehead atoms. The van der Waals surface area contributed by atoms with Crippen molar-refractivity contribution >= 4 is 34.8 Å². The molecule has 0 amide bonds. The molecular weight excluding hydrogens is 429 g/mol. The summed E-state index contributed by atoms with van der Waals surface area (Å²) in [5.41, 5.74) is 5.60. The van der Waals surface area contributed by atoms with E-state index in [2.05, 4.69) is 103 Å². The second-order valence-corrected chi connectivity index (χ2v) is 11.8. The fraction of sp³-hybridized carbons (Fsp3) is 0.379. The summed E-state index contributed by atoms with van der Waals surface area (Å²) in [4.78, 5) is 0. The Balaban J connectivity index is 0.00000176. The van der Waals surface area contributed by atoms with Crippen molar-refractivity contribution in [1.82, 2.24) is 0 Å². The topological polar surface area (TPSA) is 26.0 Å². The van der Waals surface area contributed by atoms with Crippen molar-refractivity contribution in [3.8, 4) is 0 Å². The summed E-state index contributed by atoms with van der Waals surface area (Å²) in [6.07, 6.45) is 13.2. The number of hydrogen-bond acceptors (Lipinski definition) is 1. The Kier molecular flexibility index (Phi) is 13.3. The molecule has 0 aliphatic carbocycles. The van der Waals surface area contributed by atoms with E-state index in [0.29, 0.717) is 0 Å². The first-order valence-corrected chi connectivity index (χ1v) is 14.7. The summed E-state index contributed by atoms with van der Waals surface area (Å²) in [6, 6.07) is 33.8. The van der Waals surface area contributed by atoms with E-state index >= 15 is 0 Å². The largest absolute Gasteiger partial charge is 0.330 e. The lowest BCUT2D eigenvalue weighted by Crippen LogP contribution is -2.33. The maximum absolute atomic E-state index is 5.60. The highest BCUT2D eigenvalue weighted by Crippen LogP contribution is 2.55. The molecule has 32 heavy (non-hydrogen) atoms. The van der Waals surface area contributed by atoms with Gasteiger partial charge in [0.25, 0.3) is 0 Å². The summed E-state index contributed by atoms with van der Waals surface area (Å²) < 4.78 is 0. The van der Waals surface area contributed by atoms with Gasteiger partial charge in [-0.15, -0.1) is 11.6 Å². The normalized spacial score (nSPS) is 11.0. The molecule has 172 valence electrons. The van der Waals surface area contributed by atoms with E-state index in [-0.39, 0.29) is 0 Å². The summed E-state index contributed by atoms with van der Waals surface area (Å²) in [7, 11) is -1.64. The highest BCUT2D eigenvalue weighted by molar-refractivity contribution is 7.95. The van der Waals surface area contributed by atoms with Gasteiger partial charge in [0.15, 0.2) is 0 Å². The molecule has 3 rings (SSSR count). The van der Waals surface area contributed by atoms with Gasteiger partial charge in [0, 0.05) is 6.38 Å². The number of unbranched alkanes of at least 4 members (excludes halogenated alkanes) is 7. The molecule has 0 atom stereocenters. The molecule has 1 nitrogen and oxygen atoms in total. The van der Waals surface area contributed by atoms with Crippen LogP contribution in [0.1, 0.15) is 51.4 Å². The molecule has 0 fully saturated rings. The predicted molar refractivity (Wildman–Crippen MR) is 148 cm³/mol.